The van der Waals surface area contributed by atoms with Gasteiger partial charge >= 0.3 is 0 Å². The van der Waals surface area contributed by atoms with Gasteiger partial charge in [-0.3, -0.25) is 4.79 Å². The number of rotatable bonds is 6. The van der Waals surface area contributed by atoms with E-state index in [0.717, 1.165) is 36.5 Å². The molecule has 1 aromatic carbocycles. The minimum absolute atomic E-state index is 0.340. The van der Waals surface area contributed by atoms with Gasteiger partial charge in [-0.15, -0.1) is 0 Å². The lowest BCUT2D eigenvalue weighted by atomic mass is 9.84. The minimum atomic E-state index is 0.340. The van der Waals surface area contributed by atoms with Gasteiger partial charge in [0, 0.05) is 30.5 Å². The van der Waals surface area contributed by atoms with Crippen LogP contribution in [0.4, 0.5) is 0 Å². The Morgan fingerprint density at radius 3 is 2.68 bits per heavy atom. The summed E-state index contributed by atoms with van der Waals surface area (Å²) in [5.74, 6) is 3.35. The van der Waals surface area contributed by atoms with Gasteiger partial charge < -0.3 is 4.74 Å². The van der Waals surface area contributed by atoms with Gasteiger partial charge in [0.25, 0.3) is 0 Å². The molecule has 4 nitrogen and oxygen atoms in total. The molecule has 148 valence electrons. The molecule has 0 aliphatic heterocycles. The van der Waals surface area contributed by atoms with Crippen molar-refractivity contribution in [3.8, 4) is 5.88 Å². The number of hydrogen-bond donors (Lipinski definition) is 0. The first kappa shape index (κ1) is 19.1. The number of hydrogen-bond acceptors (Lipinski definition) is 4. The minimum Gasteiger partial charge on any atom is -0.477 e. The van der Waals surface area contributed by atoms with Crippen molar-refractivity contribution < 1.29 is 9.53 Å². The van der Waals surface area contributed by atoms with Crippen molar-refractivity contribution in [2.75, 3.05) is 6.61 Å². The van der Waals surface area contributed by atoms with Gasteiger partial charge in [-0.1, -0.05) is 30.7 Å². The molecular weight excluding hydrogens is 348 g/mol. The molecule has 2 unspecified atom stereocenters. The van der Waals surface area contributed by atoms with E-state index >= 15 is 0 Å². The topological polar surface area (TPSA) is 52.1 Å². The summed E-state index contributed by atoms with van der Waals surface area (Å²) in [6.45, 7) is 7.01. The fraction of sp³-hybridized carbons (Fsp3) is 0.542. The first-order valence-corrected chi connectivity index (χ1v) is 10.6. The Hall–Kier alpha value is -2.23. The van der Waals surface area contributed by atoms with Crippen LogP contribution in [0.15, 0.2) is 24.4 Å². The van der Waals surface area contributed by atoms with Crippen molar-refractivity contribution in [1.29, 1.82) is 0 Å². The Labute approximate surface area is 167 Å². The number of aryl methyl sites for hydroxylation is 3. The van der Waals surface area contributed by atoms with Crippen LogP contribution in [-0.4, -0.2) is 22.4 Å². The highest BCUT2D eigenvalue weighted by atomic mass is 16.5. The van der Waals surface area contributed by atoms with Crippen LogP contribution in [0.25, 0.3) is 0 Å². The second-order valence-electron chi connectivity index (χ2n) is 8.46. The first-order chi connectivity index (χ1) is 13.5. The summed E-state index contributed by atoms with van der Waals surface area (Å²) in [7, 11) is 0. The SMILES string of the molecule is CCc1ccc(C)cc1C1CC1COc1nc(C)ncc1C1CCC(=O)CC1. The highest BCUT2D eigenvalue weighted by Gasteiger charge is 2.40. The Bertz CT molecular complexity index is 867. The van der Waals surface area contributed by atoms with E-state index in [4.69, 9.17) is 4.74 Å². The number of Topliss-reactive ketones (excluding diaryl/α,β-unsaturated/α-hetero) is 1. The summed E-state index contributed by atoms with van der Waals surface area (Å²) in [6, 6.07) is 6.83. The molecule has 0 bridgehead atoms. The van der Waals surface area contributed by atoms with E-state index in [1.165, 1.54) is 23.1 Å². The maximum absolute atomic E-state index is 11.6. The van der Waals surface area contributed by atoms with Crippen LogP contribution in [0.3, 0.4) is 0 Å². The van der Waals surface area contributed by atoms with Crippen LogP contribution in [0.5, 0.6) is 5.88 Å². The van der Waals surface area contributed by atoms with E-state index in [-0.39, 0.29) is 0 Å². The fourth-order valence-corrected chi connectivity index (χ4v) is 4.49. The van der Waals surface area contributed by atoms with Crippen molar-refractivity contribution in [2.45, 2.75) is 71.1 Å². The zero-order chi connectivity index (χ0) is 19.7. The van der Waals surface area contributed by atoms with Crippen molar-refractivity contribution in [2.24, 2.45) is 5.92 Å². The third kappa shape index (κ3) is 4.11. The fourth-order valence-electron chi connectivity index (χ4n) is 4.49. The second kappa shape index (κ2) is 8.02. The lowest BCUT2D eigenvalue weighted by Gasteiger charge is -2.22. The predicted octanol–water partition coefficient (Wildman–Crippen LogP) is 5.07. The van der Waals surface area contributed by atoms with Gasteiger partial charge in [-0.25, -0.2) is 4.98 Å². The Kier molecular flexibility index (Phi) is 5.47. The molecule has 2 atom stereocenters. The number of carbonyl (C=O) groups is 1. The molecule has 0 saturated heterocycles. The summed E-state index contributed by atoms with van der Waals surface area (Å²) in [6.07, 6.45) is 7.28. The van der Waals surface area contributed by atoms with E-state index in [9.17, 15) is 4.79 Å². The largest absolute Gasteiger partial charge is 0.477 e. The maximum atomic E-state index is 11.6. The highest BCUT2D eigenvalue weighted by molar-refractivity contribution is 5.79. The number of ketones is 1. The number of carbonyl (C=O) groups excluding carboxylic acids is 1. The summed E-state index contributed by atoms with van der Waals surface area (Å²) < 4.78 is 6.24. The molecule has 1 aromatic heterocycles. The van der Waals surface area contributed by atoms with Crippen LogP contribution in [-0.2, 0) is 11.2 Å². The molecule has 28 heavy (non-hydrogen) atoms. The molecule has 2 aromatic rings. The molecule has 2 saturated carbocycles. The zero-order valence-corrected chi connectivity index (χ0v) is 17.2. The van der Waals surface area contributed by atoms with Gasteiger partial charge in [0.2, 0.25) is 5.88 Å². The smallest absolute Gasteiger partial charge is 0.220 e. The quantitative estimate of drug-likeness (QED) is 0.704. The van der Waals surface area contributed by atoms with E-state index in [1.54, 1.807) is 0 Å². The third-order valence-electron chi connectivity index (χ3n) is 6.32. The average Bonchev–Trinajstić information content (AvgIpc) is 3.47. The predicted molar refractivity (Wildman–Crippen MR) is 110 cm³/mol. The second-order valence-corrected chi connectivity index (χ2v) is 8.46. The maximum Gasteiger partial charge on any atom is 0.220 e. The van der Waals surface area contributed by atoms with E-state index in [0.29, 0.717) is 43.0 Å². The number of ether oxygens (including phenoxy) is 1. The zero-order valence-electron chi connectivity index (χ0n) is 17.2. The van der Waals surface area contributed by atoms with Crippen molar-refractivity contribution >= 4 is 5.78 Å². The molecule has 4 heteroatoms. The molecule has 0 N–H and O–H groups in total. The van der Waals surface area contributed by atoms with Crippen molar-refractivity contribution in [1.82, 2.24) is 9.97 Å². The Balaban J connectivity index is 1.44. The van der Waals surface area contributed by atoms with Gasteiger partial charge in [0.15, 0.2) is 0 Å². The molecule has 2 aliphatic carbocycles. The molecule has 0 radical (unpaired) electrons. The molecule has 0 amide bonds. The Morgan fingerprint density at radius 1 is 1.14 bits per heavy atom. The molecule has 2 aliphatic rings. The Morgan fingerprint density at radius 2 is 1.93 bits per heavy atom. The average molecular weight is 379 g/mol. The van der Waals surface area contributed by atoms with Crippen molar-refractivity contribution in [3.05, 3.63) is 52.5 Å². The first-order valence-electron chi connectivity index (χ1n) is 10.6. The molecule has 1 heterocycles. The van der Waals surface area contributed by atoms with E-state index < -0.39 is 0 Å². The van der Waals surface area contributed by atoms with Crippen LogP contribution < -0.4 is 4.74 Å². The molecular formula is C24H30N2O2. The lowest BCUT2D eigenvalue weighted by Crippen LogP contribution is -2.15. The van der Waals surface area contributed by atoms with Gasteiger partial charge in [-0.05, 0) is 62.5 Å². The summed E-state index contributed by atoms with van der Waals surface area (Å²) in [5.41, 5.74) is 5.38. The molecule has 0 spiro atoms. The summed E-state index contributed by atoms with van der Waals surface area (Å²) >= 11 is 0. The highest BCUT2D eigenvalue weighted by Crippen LogP contribution is 2.49. The number of benzene rings is 1. The normalized spacial score (nSPS) is 22.3. The summed E-state index contributed by atoms with van der Waals surface area (Å²) in [5, 5.41) is 0. The number of nitrogens with zero attached hydrogens (tertiary/aromatic N) is 2. The molecule has 2 fully saturated rings. The monoisotopic (exact) mass is 378 g/mol. The van der Waals surface area contributed by atoms with Gasteiger partial charge in [0.05, 0.1) is 6.61 Å². The lowest BCUT2D eigenvalue weighted by molar-refractivity contribution is -0.120. The third-order valence-corrected chi connectivity index (χ3v) is 6.32. The molecule has 4 rings (SSSR count). The van der Waals surface area contributed by atoms with Crippen LogP contribution >= 0.6 is 0 Å². The summed E-state index contributed by atoms with van der Waals surface area (Å²) in [4.78, 5) is 20.6. The van der Waals surface area contributed by atoms with Crippen LogP contribution in [0, 0.1) is 19.8 Å². The van der Waals surface area contributed by atoms with E-state index in [1.807, 2.05) is 13.1 Å². The van der Waals surface area contributed by atoms with Crippen LogP contribution in [0.1, 0.15) is 78.9 Å². The standard InChI is InChI=1S/C24H30N2O2/c1-4-17-6-5-15(2)11-21(17)22-12-19(22)14-28-24-23(13-25-16(3)26-24)18-7-9-20(27)10-8-18/h5-6,11,13,18-19,22H,4,7-10,12,14H2,1-3H3. The van der Waals surface area contributed by atoms with Crippen molar-refractivity contribution in [3.63, 3.8) is 0 Å². The number of aromatic nitrogens is 2. The van der Waals surface area contributed by atoms with Gasteiger partial charge in [-0.2, -0.15) is 4.98 Å². The van der Waals surface area contributed by atoms with E-state index in [2.05, 4.69) is 42.0 Å². The van der Waals surface area contributed by atoms with Gasteiger partial charge in [0.1, 0.15) is 11.6 Å². The van der Waals surface area contributed by atoms with Crippen LogP contribution in [0.2, 0.25) is 0 Å².